The number of nitrogen functional groups attached to an aromatic ring is 1. The summed E-state index contributed by atoms with van der Waals surface area (Å²) in [5, 5.41) is 16.9. The molecule has 4 aromatic carbocycles. The number of fused-ring (bicyclic) bond motifs is 1. The predicted octanol–water partition coefficient (Wildman–Crippen LogP) is 4.11. The quantitative estimate of drug-likeness (QED) is 0.166. The molecule has 34 heavy (non-hydrogen) atoms. The zero-order valence-electron chi connectivity index (χ0n) is 17.3. The van der Waals surface area contributed by atoms with Crippen LogP contribution in [0.4, 0.5) is 28.4 Å². The third kappa shape index (κ3) is 4.61. The first kappa shape index (κ1) is 23.3. The molecule has 10 nitrogen and oxygen atoms in total. The van der Waals surface area contributed by atoms with E-state index in [0.29, 0.717) is 27.8 Å². The Morgan fingerprint density at radius 2 is 1.47 bits per heavy atom. The molecule has 0 aliphatic rings. The molecule has 0 unspecified atom stereocenters. The normalized spacial score (nSPS) is 11.9. The molecule has 4 aromatic rings. The second-order valence-electron chi connectivity index (χ2n) is 7.32. The average molecular weight is 502 g/mol. The minimum Gasteiger partial charge on any atom is -0.507 e. The summed E-state index contributed by atoms with van der Waals surface area (Å²) in [6.45, 7) is 0. The first-order chi connectivity index (χ1) is 15.9. The third-order valence-electron chi connectivity index (χ3n) is 5.01. The zero-order chi connectivity index (χ0) is 24.7. The van der Waals surface area contributed by atoms with Crippen LogP contribution in [0.25, 0.3) is 10.8 Å². The summed E-state index contributed by atoms with van der Waals surface area (Å²) in [7, 11) is -10.2. The van der Waals surface area contributed by atoms with Crippen LogP contribution < -0.4 is 16.4 Å². The van der Waals surface area contributed by atoms with Gasteiger partial charge in [0.05, 0.1) is 22.7 Å². The predicted molar refractivity (Wildman–Crippen MR) is 129 cm³/mol. The molecule has 0 amide bonds. The van der Waals surface area contributed by atoms with Crippen LogP contribution in [-0.2, 0) is 20.2 Å². The standard InChI is InChI=1S/C22H19N3O7S2/c23-16-5-1-2-6-17(16)25-18-10-11-20(33(27,28)29)22(34(30,31)32)21(18)24-14-8-9-15-13(12-14)4-3-7-19(15)26/h1-12,24-26H,23H2,(H,27,28,29)(H,30,31,32). The van der Waals surface area contributed by atoms with Crippen LogP contribution in [-0.4, -0.2) is 31.0 Å². The third-order valence-corrected chi connectivity index (χ3v) is 6.98. The Morgan fingerprint density at radius 1 is 0.735 bits per heavy atom. The van der Waals surface area contributed by atoms with Gasteiger partial charge in [-0.15, -0.1) is 0 Å². The van der Waals surface area contributed by atoms with Gasteiger partial charge in [0.25, 0.3) is 20.2 Å². The lowest BCUT2D eigenvalue weighted by Crippen LogP contribution is -2.13. The Morgan fingerprint density at radius 3 is 2.15 bits per heavy atom. The molecule has 0 fully saturated rings. The molecule has 0 aliphatic heterocycles. The first-order valence-corrected chi connectivity index (χ1v) is 12.6. The van der Waals surface area contributed by atoms with Crippen molar-refractivity contribution in [3.63, 3.8) is 0 Å². The number of hydrogen-bond donors (Lipinski definition) is 6. The molecule has 176 valence electrons. The molecule has 0 heterocycles. The van der Waals surface area contributed by atoms with E-state index in [9.17, 15) is 31.0 Å². The van der Waals surface area contributed by atoms with Crippen molar-refractivity contribution in [2.45, 2.75) is 9.79 Å². The highest BCUT2D eigenvalue weighted by atomic mass is 32.2. The van der Waals surface area contributed by atoms with Crippen molar-refractivity contribution < 1.29 is 31.0 Å². The highest BCUT2D eigenvalue weighted by Crippen LogP contribution is 2.40. The largest absolute Gasteiger partial charge is 0.507 e. The molecule has 0 aromatic heterocycles. The summed E-state index contributed by atoms with van der Waals surface area (Å²) < 4.78 is 68.0. The van der Waals surface area contributed by atoms with E-state index in [4.69, 9.17) is 5.73 Å². The van der Waals surface area contributed by atoms with Crippen LogP contribution in [0.5, 0.6) is 5.75 Å². The number of phenolic OH excluding ortho intramolecular Hbond substituents is 1. The maximum absolute atomic E-state index is 12.3. The van der Waals surface area contributed by atoms with Crippen molar-refractivity contribution in [3.8, 4) is 5.75 Å². The molecular weight excluding hydrogens is 482 g/mol. The number of nitrogens with two attached hydrogens (primary N) is 1. The van der Waals surface area contributed by atoms with Crippen LogP contribution in [0.3, 0.4) is 0 Å². The fourth-order valence-corrected chi connectivity index (χ4v) is 5.45. The van der Waals surface area contributed by atoms with Crippen LogP contribution >= 0.6 is 0 Å². The second-order valence-corrected chi connectivity index (χ2v) is 10.1. The maximum Gasteiger partial charge on any atom is 0.298 e. The van der Waals surface area contributed by atoms with Gasteiger partial charge >= 0.3 is 0 Å². The molecule has 0 saturated carbocycles. The van der Waals surface area contributed by atoms with Gasteiger partial charge in [-0.2, -0.15) is 16.8 Å². The lowest BCUT2D eigenvalue weighted by molar-refractivity contribution is 0.467. The minimum atomic E-state index is -5.15. The van der Waals surface area contributed by atoms with E-state index in [0.717, 1.165) is 6.07 Å². The van der Waals surface area contributed by atoms with E-state index in [2.05, 4.69) is 10.6 Å². The van der Waals surface area contributed by atoms with E-state index in [-0.39, 0.29) is 17.1 Å². The van der Waals surface area contributed by atoms with E-state index in [1.54, 1.807) is 48.5 Å². The van der Waals surface area contributed by atoms with Crippen LogP contribution in [0.1, 0.15) is 0 Å². The number of hydrogen-bond acceptors (Lipinski definition) is 8. The van der Waals surface area contributed by atoms with Crippen molar-refractivity contribution in [2.75, 3.05) is 16.4 Å². The first-order valence-electron chi connectivity index (χ1n) is 9.67. The summed E-state index contributed by atoms with van der Waals surface area (Å²) in [6, 6.07) is 18.2. The molecule has 12 heteroatoms. The number of nitrogens with one attached hydrogen (secondary N) is 2. The van der Waals surface area contributed by atoms with Gasteiger partial charge in [0, 0.05) is 11.1 Å². The molecule has 0 atom stereocenters. The Kier molecular flexibility index (Phi) is 5.83. The molecule has 0 radical (unpaired) electrons. The smallest absolute Gasteiger partial charge is 0.298 e. The molecule has 0 spiro atoms. The molecule has 0 bridgehead atoms. The van der Waals surface area contributed by atoms with Gasteiger partial charge in [-0.1, -0.05) is 24.3 Å². The fourth-order valence-electron chi connectivity index (χ4n) is 3.50. The van der Waals surface area contributed by atoms with Gasteiger partial charge in [-0.25, -0.2) is 0 Å². The van der Waals surface area contributed by atoms with Gasteiger partial charge < -0.3 is 21.5 Å². The Balaban J connectivity index is 1.96. The van der Waals surface area contributed by atoms with Crippen LogP contribution in [0.15, 0.2) is 82.6 Å². The van der Waals surface area contributed by atoms with E-state index in [1.807, 2.05) is 0 Å². The summed E-state index contributed by atoms with van der Waals surface area (Å²) in [6.07, 6.45) is 0. The highest BCUT2D eigenvalue weighted by Gasteiger charge is 2.30. The Labute approximate surface area is 195 Å². The van der Waals surface area contributed by atoms with E-state index < -0.39 is 30.0 Å². The van der Waals surface area contributed by atoms with Crippen LogP contribution in [0.2, 0.25) is 0 Å². The molecule has 7 N–H and O–H groups in total. The Hall–Kier alpha value is -3.84. The molecule has 0 saturated heterocycles. The topological polar surface area (TPSA) is 179 Å². The number of rotatable bonds is 6. The van der Waals surface area contributed by atoms with Gasteiger partial charge in [0.1, 0.15) is 15.5 Å². The van der Waals surface area contributed by atoms with Gasteiger partial charge in [-0.05, 0) is 53.9 Å². The van der Waals surface area contributed by atoms with E-state index >= 15 is 0 Å². The average Bonchev–Trinajstić information content (AvgIpc) is 2.75. The summed E-state index contributed by atoms with van der Waals surface area (Å²) in [4.78, 5) is -2.06. The molecule has 4 rings (SSSR count). The number of phenols is 1. The minimum absolute atomic E-state index is 0.0398. The highest BCUT2D eigenvalue weighted by molar-refractivity contribution is 7.89. The number of para-hydroxylation sites is 2. The number of anilines is 5. The van der Waals surface area contributed by atoms with E-state index in [1.165, 1.54) is 18.2 Å². The van der Waals surface area contributed by atoms with Crippen molar-refractivity contribution in [3.05, 3.63) is 72.8 Å². The van der Waals surface area contributed by atoms with Gasteiger partial charge in [0.15, 0.2) is 0 Å². The summed E-state index contributed by atoms with van der Waals surface area (Å²) in [5.74, 6) is 0.0398. The zero-order valence-corrected chi connectivity index (χ0v) is 18.9. The summed E-state index contributed by atoms with van der Waals surface area (Å²) in [5.41, 5.74) is 6.67. The van der Waals surface area contributed by atoms with Crippen molar-refractivity contribution in [1.29, 1.82) is 0 Å². The number of benzene rings is 4. The lowest BCUT2D eigenvalue weighted by Gasteiger charge is -2.19. The lowest BCUT2D eigenvalue weighted by atomic mass is 10.1. The second kappa shape index (κ2) is 8.50. The van der Waals surface area contributed by atoms with Crippen LogP contribution in [0, 0.1) is 0 Å². The summed E-state index contributed by atoms with van der Waals surface area (Å²) >= 11 is 0. The SMILES string of the molecule is Nc1ccccc1Nc1ccc(S(=O)(=O)O)c(S(=O)(=O)O)c1Nc1ccc2c(O)cccc2c1. The van der Waals surface area contributed by atoms with Crippen molar-refractivity contribution in [2.24, 2.45) is 0 Å². The van der Waals surface area contributed by atoms with Crippen molar-refractivity contribution >= 4 is 59.4 Å². The number of aromatic hydroxyl groups is 1. The molecular formula is C22H19N3O7S2. The Bertz CT molecular complexity index is 1640. The fraction of sp³-hybridized carbons (Fsp3) is 0. The monoisotopic (exact) mass is 501 g/mol. The van der Waals surface area contributed by atoms with Gasteiger partial charge in [-0.3, -0.25) is 9.11 Å². The van der Waals surface area contributed by atoms with Crippen molar-refractivity contribution in [1.82, 2.24) is 0 Å². The molecule has 0 aliphatic carbocycles. The maximum atomic E-state index is 12.3. The van der Waals surface area contributed by atoms with Gasteiger partial charge in [0.2, 0.25) is 0 Å².